The van der Waals surface area contributed by atoms with Gasteiger partial charge < -0.3 is 14.7 Å². The minimum atomic E-state index is -1.18. The van der Waals surface area contributed by atoms with Crippen molar-refractivity contribution < 1.29 is 19.4 Å². The fraction of sp³-hybridized carbons (Fsp3) is 0.167. The number of rotatable bonds is 8. The Morgan fingerprint density at radius 1 is 0.968 bits per heavy atom. The molecular formula is C24H21Cl2NO4. The van der Waals surface area contributed by atoms with E-state index in [0.29, 0.717) is 11.6 Å². The molecule has 31 heavy (non-hydrogen) atoms. The molecule has 0 saturated heterocycles. The molecule has 0 fully saturated rings. The van der Waals surface area contributed by atoms with Gasteiger partial charge in [-0.3, -0.25) is 4.79 Å². The monoisotopic (exact) mass is 457 g/mol. The quantitative estimate of drug-likeness (QED) is 0.459. The SMILES string of the molecule is C[C@@H](c1ccccc1)N(Cc1ccc(Cl)cc1)C(=O)COc1ccc(Cl)cc1C(=O)O. The van der Waals surface area contributed by atoms with Crippen molar-refractivity contribution >= 4 is 35.1 Å². The average molecular weight is 458 g/mol. The normalized spacial score (nSPS) is 11.6. The number of carboxylic acids is 1. The number of halogens is 2. The zero-order chi connectivity index (χ0) is 22.4. The highest BCUT2D eigenvalue weighted by atomic mass is 35.5. The molecule has 5 nitrogen and oxygen atoms in total. The number of nitrogens with zero attached hydrogens (tertiary/aromatic N) is 1. The summed E-state index contributed by atoms with van der Waals surface area (Å²) in [5.74, 6) is -1.37. The molecule has 0 heterocycles. The summed E-state index contributed by atoms with van der Waals surface area (Å²) in [6.07, 6.45) is 0. The standard InChI is InChI=1S/C24H21Cl2NO4/c1-16(18-5-3-2-4-6-18)27(14-17-7-9-19(25)10-8-17)23(28)15-31-22-12-11-20(26)13-21(22)24(29)30/h2-13,16H,14-15H2,1H3,(H,29,30)/t16-/m0/s1. The summed E-state index contributed by atoms with van der Waals surface area (Å²) in [7, 11) is 0. The molecule has 0 aliphatic heterocycles. The van der Waals surface area contributed by atoms with Crippen molar-refractivity contribution in [2.45, 2.75) is 19.5 Å². The van der Waals surface area contributed by atoms with Gasteiger partial charge in [-0.05, 0) is 48.4 Å². The smallest absolute Gasteiger partial charge is 0.339 e. The third-order valence-electron chi connectivity index (χ3n) is 4.86. The lowest BCUT2D eigenvalue weighted by Gasteiger charge is -2.30. The molecule has 0 aliphatic carbocycles. The van der Waals surface area contributed by atoms with Crippen molar-refractivity contribution in [1.82, 2.24) is 4.90 Å². The van der Waals surface area contributed by atoms with Crippen LogP contribution in [0.5, 0.6) is 5.75 Å². The number of hydrogen-bond donors (Lipinski definition) is 1. The second-order valence-electron chi connectivity index (χ2n) is 6.97. The molecule has 0 saturated carbocycles. The van der Waals surface area contributed by atoms with Gasteiger partial charge in [-0.25, -0.2) is 4.79 Å². The highest BCUT2D eigenvalue weighted by Gasteiger charge is 2.23. The van der Waals surface area contributed by atoms with Crippen LogP contribution in [0.4, 0.5) is 0 Å². The second-order valence-corrected chi connectivity index (χ2v) is 7.84. The van der Waals surface area contributed by atoms with Crippen molar-refractivity contribution in [1.29, 1.82) is 0 Å². The first-order valence-electron chi connectivity index (χ1n) is 9.59. The largest absolute Gasteiger partial charge is 0.483 e. The molecule has 0 bridgehead atoms. The minimum absolute atomic E-state index is 0.0871. The van der Waals surface area contributed by atoms with Crippen LogP contribution in [0, 0.1) is 0 Å². The third-order valence-corrected chi connectivity index (χ3v) is 5.35. The first-order chi connectivity index (χ1) is 14.8. The van der Waals surface area contributed by atoms with Gasteiger partial charge in [0.2, 0.25) is 0 Å². The van der Waals surface area contributed by atoms with Gasteiger partial charge in [-0.1, -0.05) is 65.7 Å². The van der Waals surface area contributed by atoms with Gasteiger partial charge in [0.1, 0.15) is 11.3 Å². The van der Waals surface area contributed by atoms with E-state index < -0.39 is 5.97 Å². The van der Waals surface area contributed by atoms with Crippen LogP contribution >= 0.6 is 23.2 Å². The molecule has 0 radical (unpaired) electrons. The molecule has 3 aromatic rings. The van der Waals surface area contributed by atoms with Crippen molar-refractivity contribution in [3.63, 3.8) is 0 Å². The van der Waals surface area contributed by atoms with E-state index in [-0.39, 0.29) is 34.9 Å². The average Bonchev–Trinajstić information content (AvgIpc) is 2.77. The lowest BCUT2D eigenvalue weighted by Crippen LogP contribution is -2.36. The number of carboxylic acid groups (broad SMARTS) is 1. The summed E-state index contributed by atoms with van der Waals surface area (Å²) in [5.41, 5.74) is 1.79. The number of ether oxygens (including phenoxy) is 1. The number of carbonyl (C=O) groups is 2. The van der Waals surface area contributed by atoms with Gasteiger partial charge in [-0.15, -0.1) is 0 Å². The van der Waals surface area contributed by atoms with Crippen molar-refractivity contribution in [3.8, 4) is 5.75 Å². The van der Waals surface area contributed by atoms with E-state index >= 15 is 0 Å². The lowest BCUT2D eigenvalue weighted by atomic mass is 10.1. The zero-order valence-corrected chi connectivity index (χ0v) is 18.3. The first-order valence-corrected chi connectivity index (χ1v) is 10.3. The van der Waals surface area contributed by atoms with Gasteiger partial charge in [-0.2, -0.15) is 0 Å². The molecule has 1 atom stereocenters. The maximum Gasteiger partial charge on any atom is 0.339 e. The molecule has 3 aromatic carbocycles. The summed E-state index contributed by atoms with van der Waals surface area (Å²) >= 11 is 11.9. The van der Waals surface area contributed by atoms with Crippen molar-refractivity contribution in [2.24, 2.45) is 0 Å². The Morgan fingerprint density at radius 2 is 1.61 bits per heavy atom. The van der Waals surface area contributed by atoms with E-state index in [4.69, 9.17) is 27.9 Å². The number of hydrogen-bond acceptors (Lipinski definition) is 3. The fourth-order valence-electron chi connectivity index (χ4n) is 3.16. The number of carbonyl (C=O) groups excluding carboxylic acids is 1. The second kappa shape index (κ2) is 10.3. The van der Waals surface area contributed by atoms with Crippen molar-refractivity contribution in [3.05, 3.63) is 99.5 Å². The molecule has 0 aromatic heterocycles. The highest BCUT2D eigenvalue weighted by molar-refractivity contribution is 6.31. The minimum Gasteiger partial charge on any atom is -0.483 e. The van der Waals surface area contributed by atoms with Gasteiger partial charge in [0, 0.05) is 16.6 Å². The topological polar surface area (TPSA) is 66.8 Å². The van der Waals surface area contributed by atoms with E-state index in [1.54, 1.807) is 17.0 Å². The fourth-order valence-corrected chi connectivity index (χ4v) is 3.45. The number of benzene rings is 3. The third kappa shape index (κ3) is 6.00. The van der Waals surface area contributed by atoms with Crippen LogP contribution in [0.25, 0.3) is 0 Å². The molecule has 0 unspecified atom stereocenters. The Balaban J connectivity index is 1.82. The van der Waals surface area contributed by atoms with Crippen LogP contribution in [0.15, 0.2) is 72.8 Å². The van der Waals surface area contributed by atoms with E-state index in [0.717, 1.165) is 11.1 Å². The Labute approximate surface area is 190 Å². The molecule has 1 N–H and O–H groups in total. The van der Waals surface area contributed by atoms with E-state index in [1.807, 2.05) is 49.4 Å². The number of amides is 1. The molecule has 7 heteroatoms. The van der Waals surface area contributed by atoms with Crippen LogP contribution in [-0.2, 0) is 11.3 Å². The molecule has 1 amide bonds. The van der Waals surface area contributed by atoms with Crippen LogP contribution < -0.4 is 4.74 Å². The number of aromatic carboxylic acids is 1. The highest BCUT2D eigenvalue weighted by Crippen LogP contribution is 2.25. The molecule has 160 valence electrons. The summed E-state index contributed by atoms with van der Waals surface area (Å²) < 4.78 is 5.59. The van der Waals surface area contributed by atoms with E-state index in [9.17, 15) is 14.7 Å². The zero-order valence-electron chi connectivity index (χ0n) is 16.8. The predicted molar refractivity (Wildman–Crippen MR) is 121 cm³/mol. The Kier molecular flexibility index (Phi) is 7.55. The molecular weight excluding hydrogens is 437 g/mol. The van der Waals surface area contributed by atoms with Gasteiger partial charge in [0.15, 0.2) is 6.61 Å². The van der Waals surface area contributed by atoms with Crippen LogP contribution in [0.3, 0.4) is 0 Å². The Morgan fingerprint density at radius 3 is 2.26 bits per heavy atom. The summed E-state index contributed by atoms with van der Waals surface area (Å²) in [6.45, 7) is 1.97. The summed E-state index contributed by atoms with van der Waals surface area (Å²) in [5, 5.41) is 10.3. The lowest BCUT2D eigenvalue weighted by molar-refractivity contribution is -0.136. The maximum absolute atomic E-state index is 13.2. The van der Waals surface area contributed by atoms with Crippen molar-refractivity contribution in [2.75, 3.05) is 6.61 Å². The molecule has 3 rings (SSSR count). The van der Waals surface area contributed by atoms with E-state index in [2.05, 4.69) is 0 Å². The van der Waals surface area contributed by atoms with Gasteiger partial charge >= 0.3 is 5.97 Å². The van der Waals surface area contributed by atoms with Gasteiger partial charge in [0.25, 0.3) is 5.91 Å². The molecule has 0 spiro atoms. The molecule has 0 aliphatic rings. The van der Waals surface area contributed by atoms with Crippen LogP contribution in [-0.4, -0.2) is 28.5 Å². The van der Waals surface area contributed by atoms with E-state index in [1.165, 1.54) is 18.2 Å². The van der Waals surface area contributed by atoms with Crippen LogP contribution in [0.1, 0.15) is 34.5 Å². The summed E-state index contributed by atoms with van der Waals surface area (Å²) in [6, 6.07) is 21.0. The van der Waals surface area contributed by atoms with Crippen LogP contribution in [0.2, 0.25) is 10.0 Å². The van der Waals surface area contributed by atoms with Gasteiger partial charge in [0.05, 0.1) is 6.04 Å². The first kappa shape index (κ1) is 22.7. The summed E-state index contributed by atoms with van der Waals surface area (Å²) in [4.78, 5) is 26.3. The Hall–Kier alpha value is -3.02. The Bertz CT molecular complexity index is 1050. The predicted octanol–water partition coefficient (Wildman–Crippen LogP) is 5.86. The maximum atomic E-state index is 13.2.